The number of ketones is 1. The van der Waals surface area contributed by atoms with Crippen LogP contribution in [0.4, 0.5) is 13.2 Å². The Balaban J connectivity index is 1.53. The van der Waals surface area contributed by atoms with Gasteiger partial charge in [-0.2, -0.15) is 18.4 Å². The van der Waals surface area contributed by atoms with Crippen LogP contribution in [0.3, 0.4) is 0 Å². The van der Waals surface area contributed by atoms with Crippen LogP contribution < -0.4 is 5.32 Å². The summed E-state index contributed by atoms with van der Waals surface area (Å²) < 4.78 is 39.0. The minimum absolute atomic E-state index is 0.0434. The molecule has 1 amide bonds. The molecule has 38 heavy (non-hydrogen) atoms. The first-order chi connectivity index (χ1) is 17.5. The third kappa shape index (κ3) is 3.46. The monoisotopic (exact) mass is 532 g/mol. The van der Waals surface area contributed by atoms with Crippen LogP contribution in [0.25, 0.3) is 0 Å². The maximum atomic E-state index is 13.5. The molecule has 9 atom stereocenters. The zero-order chi connectivity index (χ0) is 28.1. The standard InChI is InChI=1S/C31H43F3N2O2/c1-18-9-12-30(25(38)36-17-31(32,33)34)14-13-28(5)20(23(18)30)7-8-22-27(4)15-19(16-35)24(37)26(2,3)21(27)10-11-29(22,28)6/h15,18,20-23H,7-14,17H2,1-6H3,(H,36,38). The average molecular weight is 533 g/mol. The van der Waals surface area contributed by atoms with Gasteiger partial charge in [-0.25, -0.2) is 0 Å². The van der Waals surface area contributed by atoms with Crippen molar-refractivity contribution in [3.8, 4) is 6.07 Å². The number of halogens is 3. The van der Waals surface area contributed by atoms with E-state index in [4.69, 9.17) is 0 Å². The number of Topliss-reactive ketones (excluding diaryl/α,β-unsaturated/α-hetero) is 1. The molecule has 5 aliphatic carbocycles. The number of nitriles is 1. The van der Waals surface area contributed by atoms with Gasteiger partial charge in [-0.1, -0.05) is 47.6 Å². The highest BCUT2D eigenvalue weighted by molar-refractivity contribution is 6.04. The Labute approximate surface area is 225 Å². The average Bonchev–Trinajstić information content (AvgIpc) is 3.17. The van der Waals surface area contributed by atoms with Crippen molar-refractivity contribution in [2.24, 2.45) is 56.7 Å². The van der Waals surface area contributed by atoms with Crippen LogP contribution in [-0.4, -0.2) is 24.4 Å². The van der Waals surface area contributed by atoms with Gasteiger partial charge in [-0.15, -0.1) is 0 Å². The van der Waals surface area contributed by atoms with Gasteiger partial charge in [0.25, 0.3) is 0 Å². The molecule has 0 saturated heterocycles. The van der Waals surface area contributed by atoms with Crippen LogP contribution in [0, 0.1) is 68.0 Å². The summed E-state index contributed by atoms with van der Waals surface area (Å²) in [4.78, 5) is 26.6. The van der Waals surface area contributed by atoms with Gasteiger partial charge in [-0.05, 0) is 97.2 Å². The minimum Gasteiger partial charge on any atom is -0.346 e. The van der Waals surface area contributed by atoms with E-state index in [0.717, 1.165) is 38.5 Å². The summed E-state index contributed by atoms with van der Waals surface area (Å²) in [7, 11) is 0. The third-order valence-electron chi connectivity index (χ3n) is 13.1. The number of nitrogens with zero attached hydrogens (tertiary/aromatic N) is 1. The van der Waals surface area contributed by atoms with Gasteiger partial charge in [0, 0.05) is 5.41 Å². The van der Waals surface area contributed by atoms with E-state index in [9.17, 15) is 28.0 Å². The number of alkyl halides is 3. The number of hydrogen-bond acceptors (Lipinski definition) is 3. The first-order valence-electron chi connectivity index (χ1n) is 14.5. The first kappa shape index (κ1) is 27.7. The molecular formula is C31H43F3N2O2. The summed E-state index contributed by atoms with van der Waals surface area (Å²) >= 11 is 0. The maximum Gasteiger partial charge on any atom is 0.405 e. The zero-order valence-electron chi connectivity index (χ0n) is 23.7. The molecule has 0 aromatic rings. The fourth-order valence-corrected chi connectivity index (χ4v) is 11.3. The number of nitrogens with one attached hydrogen (secondary N) is 1. The zero-order valence-corrected chi connectivity index (χ0v) is 23.7. The second-order valence-electron chi connectivity index (χ2n) is 14.7. The van der Waals surface area contributed by atoms with E-state index in [2.05, 4.69) is 39.1 Å². The highest BCUT2D eigenvalue weighted by atomic mass is 19.4. The maximum absolute atomic E-state index is 13.5. The minimum atomic E-state index is -4.42. The smallest absolute Gasteiger partial charge is 0.346 e. The molecule has 4 nitrogen and oxygen atoms in total. The summed E-state index contributed by atoms with van der Waals surface area (Å²) in [5.41, 5.74) is -1.40. The topological polar surface area (TPSA) is 70.0 Å². The normalized spacial score (nSPS) is 47.5. The number of carbonyl (C=O) groups excluding carboxylic acids is 2. The number of allylic oxidation sites excluding steroid dienone is 2. The fraction of sp³-hybridized carbons (Fsp3) is 0.839. The van der Waals surface area contributed by atoms with Gasteiger partial charge in [-0.3, -0.25) is 9.59 Å². The number of amides is 1. The molecule has 0 heterocycles. The number of carbonyl (C=O) groups is 2. The van der Waals surface area contributed by atoms with E-state index < -0.39 is 29.5 Å². The Morgan fingerprint density at radius 2 is 1.68 bits per heavy atom. The highest BCUT2D eigenvalue weighted by Gasteiger charge is 2.71. The van der Waals surface area contributed by atoms with Crippen LogP contribution in [0.15, 0.2) is 11.6 Å². The lowest BCUT2D eigenvalue weighted by Gasteiger charge is -2.71. The lowest BCUT2D eigenvalue weighted by atomic mass is 9.33. The van der Waals surface area contributed by atoms with Crippen LogP contribution in [0.5, 0.6) is 0 Å². The molecular weight excluding hydrogens is 489 g/mol. The SMILES string of the molecule is CC1CCC2(C(=O)NCC(F)(F)F)CCC3(C)C(CCC4C5(C)C=C(C#N)C(=O)C(C)(C)C5CCC43C)C12. The Hall–Kier alpha value is -1.84. The molecule has 4 fully saturated rings. The molecule has 4 saturated carbocycles. The second kappa shape index (κ2) is 8.33. The van der Waals surface area contributed by atoms with Crippen molar-refractivity contribution < 1.29 is 22.8 Å². The first-order valence-corrected chi connectivity index (χ1v) is 14.5. The molecule has 5 rings (SSSR count). The molecule has 7 heteroatoms. The van der Waals surface area contributed by atoms with E-state index in [1.165, 1.54) is 0 Å². The second-order valence-corrected chi connectivity index (χ2v) is 14.7. The van der Waals surface area contributed by atoms with Crippen molar-refractivity contribution in [1.82, 2.24) is 5.32 Å². The summed E-state index contributed by atoms with van der Waals surface area (Å²) in [5.74, 6) is 0.658. The Kier molecular flexibility index (Phi) is 6.08. The van der Waals surface area contributed by atoms with Crippen LogP contribution >= 0.6 is 0 Å². The van der Waals surface area contributed by atoms with Gasteiger partial charge in [0.15, 0.2) is 5.78 Å². The Bertz CT molecular complexity index is 1120. The summed E-state index contributed by atoms with van der Waals surface area (Å²) in [6.07, 6.45) is 4.38. The predicted molar refractivity (Wildman–Crippen MR) is 138 cm³/mol. The van der Waals surface area contributed by atoms with Gasteiger partial charge < -0.3 is 5.32 Å². The van der Waals surface area contributed by atoms with E-state index in [-0.39, 0.29) is 39.8 Å². The van der Waals surface area contributed by atoms with Crippen molar-refractivity contribution in [2.75, 3.05) is 6.54 Å². The summed E-state index contributed by atoms with van der Waals surface area (Å²) in [6.45, 7) is 12.0. The van der Waals surface area contributed by atoms with Gasteiger partial charge in [0.2, 0.25) is 5.91 Å². The molecule has 5 aliphatic rings. The third-order valence-corrected chi connectivity index (χ3v) is 13.1. The van der Waals surface area contributed by atoms with Gasteiger partial charge >= 0.3 is 6.18 Å². The molecule has 0 spiro atoms. The Morgan fingerprint density at radius 1 is 1.00 bits per heavy atom. The number of hydrogen-bond donors (Lipinski definition) is 1. The molecule has 210 valence electrons. The van der Waals surface area contributed by atoms with Gasteiger partial charge in [0.1, 0.15) is 12.6 Å². The fourth-order valence-electron chi connectivity index (χ4n) is 11.3. The van der Waals surface area contributed by atoms with Crippen molar-refractivity contribution in [3.05, 3.63) is 11.6 Å². The van der Waals surface area contributed by atoms with Gasteiger partial charge in [0.05, 0.1) is 11.0 Å². The molecule has 9 unspecified atom stereocenters. The van der Waals surface area contributed by atoms with E-state index >= 15 is 0 Å². The lowest BCUT2D eigenvalue weighted by Crippen LogP contribution is -2.66. The molecule has 0 aromatic carbocycles. The summed E-state index contributed by atoms with van der Waals surface area (Å²) in [5, 5.41) is 12.1. The van der Waals surface area contributed by atoms with E-state index in [0.29, 0.717) is 30.3 Å². The number of rotatable bonds is 2. The van der Waals surface area contributed by atoms with Crippen LogP contribution in [0.2, 0.25) is 0 Å². The quantitative estimate of drug-likeness (QED) is 0.416. The van der Waals surface area contributed by atoms with Crippen molar-refractivity contribution in [1.29, 1.82) is 5.26 Å². The molecule has 0 aliphatic heterocycles. The molecule has 0 bridgehead atoms. The predicted octanol–water partition coefficient (Wildman–Crippen LogP) is 7.01. The molecule has 0 radical (unpaired) electrons. The molecule has 1 N–H and O–H groups in total. The lowest BCUT2D eigenvalue weighted by molar-refractivity contribution is -0.219. The van der Waals surface area contributed by atoms with Crippen molar-refractivity contribution >= 4 is 11.7 Å². The highest BCUT2D eigenvalue weighted by Crippen LogP contribution is 2.76. The number of fused-ring (bicyclic) bond motifs is 7. The van der Waals surface area contributed by atoms with E-state index in [1.54, 1.807) is 0 Å². The Morgan fingerprint density at radius 3 is 2.32 bits per heavy atom. The van der Waals surface area contributed by atoms with Crippen molar-refractivity contribution in [3.63, 3.8) is 0 Å². The van der Waals surface area contributed by atoms with Crippen LogP contribution in [-0.2, 0) is 9.59 Å². The van der Waals surface area contributed by atoms with Crippen molar-refractivity contribution in [2.45, 2.75) is 99.1 Å². The summed E-state index contributed by atoms with van der Waals surface area (Å²) in [6, 6.07) is 2.20. The van der Waals surface area contributed by atoms with Crippen LogP contribution in [0.1, 0.15) is 92.9 Å². The molecule has 0 aromatic heterocycles. The largest absolute Gasteiger partial charge is 0.405 e. The van der Waals surface area contributed by atoms with E-state index in [1.807, 2.05) is 19.9 Å².